The van der Waals surface area contributed by atoms with Gasteiger partial charge in [0.25, 0.3) is 0 Å². The second kappa shape index (κ2) is 2.69. The van der Waals surface area contributed by atoms with E-state index < -0.39 is 0 Å². The second-order valence-electron chi connectivity index (χ2n) is 2.84. The van der Waals surface area contributed by atoms with Crippen molar-refractivity contribution < 1.29 is 14.6 Å². The Morgan fingerprint density at radius 1 is 1.62 bits per heavy atom. The van der Waals surface area contributed by atoms with Crippen molar-refractivity contribution in [1.29, 1.82) is 0 Å². The minimum absolute atomic E-state index is 0.0883. The van der Waals surface area contributed by atoms with Crippen molar-refractivity contribution in [3.05, 3.63) is 24.3 Å². The van der Waals surface area contributed by atoms with E-state index in [1.807, 2.05) is 0 Å². The molecule has 1 aliphatic rings. The average Bonchev–Trinajstić information content (AvgIpc) is 2.90. The summed E-state index contributed by atoms with van der Waals surface area (Å²) in [5, 5.41) is 9.47. The van der Waals surface area contributed by atoms with E-state index in [-0.39, 0.29) is 5.75 Å². The smallest absolute Gasteiger partial charge is 0.215 e. The Kier molecular flexibility index (Phi) is 1.65. The first kappa shape index (κ1) is 7.98. The van der Waals surface area contributed by atoms with E-state index in [9.17, 15) is 5.11 Å². The molecule has 68 valence electrons. The molecule has 0 aromatic heterocycles. The van der Waals surface area contributed by atoms with Crippen molar-refractivity contribution >= 4 is 0 Å². The van der Waals surface area contributed by atoms with Gasteiger partial charge in [0.1, 0.15) is 0 Å². The highest BCUT2D eigenvalue weighted by Gasteiger charge is 2.31. The topological polar surface area (TPSA) is 42.0 Å². The summed E-state index contributed by atoms with van der Waals surface area (Å²) in [5.41, 5.74) is 1.000. The summed E-state index contributed by atoms with van der Waals surface area (Å²) in [5.74, 6) is 1.84. The van der Waals surface area contributed by atoms with Crippen LogP contribution in [-0.4, -0.2) is 12.2 Å². The fraction of sp³-hybridized carbons (Fsp3) is 0.200. The van der Waals surface area contributed by atoms with Crippen LogP contribution in [0, 0.1) is 0 Å². The van der Waals surface area contributed by atoms with Gasteiger partial charge in [-0.15, -0.1) is 6.58 Å². The zero-order valence-corrected chi connectivity index (χ0v) is 7.33. The van der Waals surface area contributed by atoms with Crippen molar-refractivity contribution in [2.45, 2.75) is 6.42 Å². The number of phenols is 1. The number of phenolic OH excluding ortho intramolecular Hbond substituents is 1. The third kappa shape index (κ3) is 1.13. The molecule has 1 aromatic carbocycles. The molecular formula is C10H10O3. The number of hydrogen-bond donors (Lipinski definition) is 1. The van der Waals surface area contributed by atoms with E-state index in [1.165, 1.54) is 7.11 Å². The molecule has 1 heterocycles. The van der Waals surface area contributed by atoms with Crippen molar-refractivity contribution in [3.8, 4) is 23.0 Å². The largest absolute Gasteiger partial charge is 0.502 e. The highest BCUT2D eigenvalue weighted by Crippen LogP contribution is 2.58. The maximum Gasteiger partial charge on any atom is 0.215 e. The van der Waals surface area contributed by atoms with Gasteiger partial charge in [0.05, 0.1) is 7.11 Å². The quantitative estimate of drug-likeness (QED) is 0.578. The lowest BCUT2D eigenvalue weighted by atomic mass is 10.1. The van der Waals surface area contributed by atoms with E-state index in [4.69, 9.17) is 9.47 Å². The lowest BCUT2D eigenvalue weighted by Gasteiger charge is -2.00. The molecule has 0 amide bonds. The van der Waals surface area contributed by atoms with Gasteiger partial charge in [-0.05, 0) is 12.5 Å². The monoisotopic (exact) mass is 178 g/mol. The van der Waals surface area contributed by atoms with Crippen LogP contribution in [0.4, 0.5) is 0 Å². The maximum absolute atomic E-state index is 9.47. The van der Waals surface area contributed by atoms with Crippen LogP contribution in [0.5, 0.6) is 23.0 Å². The molecule has 0 atom stereocenters. The first-order valence-corrected chi connectivity index (χ1v) is 3.99. The number of benzene rings is 1. The molecule has 0 saturated carbocycles. The summed E-state index contributed by atoms with van der Waals surface area (Å²) < 4.78 is 10.1. The Labute approximate surface area is 76.2 Å². The molecule has 2 rings (SSSR count). The average molecular weight is 178 g/mol. The van der Waals surface area contributed by atoms with E-state index in [2.05, 4.69) is 6.58 Å². The molecule has 0 spiro atoms. The number of methoxy groups -OCH3 is 1. The van der Waals surface area contributed by atoms with Crippen LogP contribution in [-0.2, 0) is 6.42 Å². The van der Waals surface area contributed by atoms with Gasteiger partial charge in [-0.2, -0.15) is 0 Å². The normalized spacial score (nSPS) is 11.5. The predicted octanol–water partition coefficient (Wildman–Crippen LogP) is 2.24. The Balaban J connectivity index is 2.46. The molecule has 0 radical (unpaired) electrons. The van der Waals surface area contributed by atoms with Crippen molar-refractivity contribution in [1.82, 2.24) is 0 Å². The van der Waals surface area contributed by atoms with Gasteiger partial charge in [0.15, 0.2) is 11.5 Å². The highest BCUT2D eigenvalue weighted by molar-refractivity contribution is 5.71. The van der Waals surface area contributed by atoms with Crippen molar-refractivity contribution in [3.63, 3.8) is 0 Å². The van der Waals surface area contributed by atoms with Gasteiger partial charge < -0.3 is 14.6 Å². The molecule has 1 aliphatic heterocycles. The molecular weight excluding hydrogens is 168 g/mol. The summed E-state index contributed by atoms with van der Waals surface area (Å²) >= 11 is 0. The lowest BCUT2D eigenvalue weighted by molar-refractivity contribution is 0.371. The molecule has 1 aromatic rings. The number of ether oxygens (including phenoxy) is 2. The molecule has 3 heteroatoms. The standard InChI is InChI=1S/C10H10O3/c1-3-4-6-5-7(12-2)8(11)10-9(6)13-10/h3,5,11H,1,4H2,2H3. The molecule has 0 bridgehead atoms. The summed E-state index contributed by atoms with van der Waals surface area (Å²) in [4.78, 5) is 0. The second-order valence-corrected chi connectivity index (χ2v) is 2.84. The summed E-state index contributed by atoms with van der Waals surface area (Å²) in [6.07, 6.45) is 2.51. The van der Waals surface area contributed by atoms with Crippen LogP contribution in [0.1, 0.15) is 5.56 Å². The Morgan fingerprint density at radius 3 is 3.00 bits per heavy atom. The number of rotatable bonds is 3. The molecule has 0 saturated heterocycles. The third-order valence-corrected chi connectivity index (χ3v) is 2.00. The molecule has 13 heavy (non-hydrogen) atoms. The zero-order chi connectivity index (χ0) is 9.42. The van der Waals surface area contributed by atoms with E-state index >= 15 is 0 Å². The third-order valence-electron chi connectivity index (χ3n) is 2.00. The van der Waals surface area contributed by atoms with Crippen LogP contribution >= 0.6 is 0 Å². The molecule has 0 unspecified atom stereocenters. The summed E-state index contributed by atoms with van der Waals surface area (Å²) in [6, 6.07) is 1.77. The van der Waals surface area contributed by atoms with E-state index in [0.29, 0.717) is 11.5 Å². The van der Waals surface area contributed by atoms with Gasteiger partial charge in [-0.3, -0.25) is 0 Å². The van der Waals surface area contributed by atoms with Gasteiger partial charge in [-0.1, -0.05) is 6.08 Å². The van der Waals surface area contributed by atoms with Gasteiger partial charge >= 0.3 is 0 Å². The van der Waals surface area contributed by atoms with Crippen molar-refractivity contribution in [2.75, 3.05) is 7.11 Å². The minimum Gasteiger partial charge on any atom is -0.502 e. The highest BCUT2D eigenvalue weighted by atomic mass is 16.6. The number of aromatic hydroxyl groups is 1. The Morgan fingerprint density at radius 2 is 2.38 bits per heavy atom. The van der Waals surface area contributed by atoms with Crippen LogP contribution in [0.3, 0.4) is 0 Å². The van der Waals surface area contributed by atoms with Gasteiger partial charge in [0.2, 0.25) is 11.5 Å². The predicted molar refractivity (Wildman–Crippen MR) is 48.6 cm³/mol. The number of fused-ring (bicyclic) bond motifs is 1. The summed E-state index contributed by atoms with van der Waals surface area (Å²) in [7, 11) is 1.52. The van der Waals surface area contributed by atoms with Crippen LogP contribution in [0.25, 0.3) is 0 Å². The fourth-order valence-electron chi connectivity index (χ4n) is 1.31. The van der Waals surface area contributed by atoms with Gasteiger partial charge in [0, 0.05) is 5.56 Å². The van der Waals surface area contributed by atoms with Crippen LogP contribution in [0.15, 0.2) is 18.7 Å². The summed E-state index contributed by atoms with van der Waals surface area (Å²) in [6.45, 7) is 3.64. The van der Waals surface area contributed by atoms with Crippen molar-refractivity contribution in [2.24, 2.45) is 0 Å². The SMILES string of the molecule is C=CCc1cc(OC)c(O)c2c1O2. The van der Waals surface area contributed by atoms with E-state index in [0.717, 1.165) is 17.7 Å². The molecule has 0 aliphatic carbocycles. The zero-order valence-electron chi connectivity index (χ0n) is 7.33. The van der Waals surface area contributed by atoms with Crippen LogP contribution in [0.2, 0.25) is 0 Å². The molecule has 1 N–H and O–H groups in total. The van der Waals surface area contributed by atoms with Gasteiger partial charge in [-0.25, -0.2) is 0 Å². The van der Waals surface area contributed by atoms with E-state index in [1.54, 1.807) is 12.1 Å². The molecule has 0 fully saturated rings. The fourth-order valence-corrected chi connectivity index (χ4v) is 1.31. The first-order chi connectivity index (χ1) is 6.27. The number of hydrogen-bond acceptors (Lipinski definition) is 3. The molecule has 3 nitrogen and oxygen atoms in total. The Bertz CT molecular complexity index is 369. The minimum atomic E-state index is 0.0883. The maximum atomic E-state index is 9.47. The number of allylic oxidation sites excluding steroid dienone is 1. The lowest BCUT2D eigenvalue weighted by Crippen LogP contribution is -1.83. The first-order valence-electron chi connectivity index (χ1n) is 3.99. The van der Waals surface area contributed by atoms with Crippen LogP contribution < -0.4 is 9.47 Å². The Hall–Kier alpha value is -1.64.